The fourth-order valence-corrected chi connectivity index (χ4v) is 1.55. The van der Waals surface area contributed by atoms with Gasteiger partial charge in [0.25, 0.3) is 5.91 Å². The Morgan fingerprint density at radius 3 is 2.44 bits per heavy atom. The molecule has 1 amide bonds. The third-order valence-corrected chi connectivity index (χ3v) is 3.15. The largest absolute Gasteiger partial charge is 0.504 e. The van der Waals surface area contributed by atoms with Crippen LogP contribution in [0.25, 0.3) is 0 Å². The lowest BCUT2D eigenvalue weighted by Crippen LogP contribution is -2.42. The van der Waals surface area contributed by atoms with Gasteiger partial charge in [0, 0.05) is 6.54 Å². The van der Waals surface area contributed by atoms with Crippen molar-refractivity contribution in [3.05, 3.63) is 23.8 Å². The number of hydrogen-bond donors (Lipinski definition) is 4. The number of rotatable bonds is 5. The lowest BCUT2D eigenvalue weighted by molar-refractivity contribution is 0.0313. The van der Waals surface area contributed by atoms with Crippen molar-refractivity contribution in [3.63, 3.8) is 0 Å². The summed E-state index contributed by atoms with van der Waals surface area (Å²) in [5.41, 5.74) is -0.952. The average Bonchev–Trinajstić information content (AvgIpc) is 2.39. The van der Waals surface area contributed by atoms with Gasteiger partial charge in [-0.25, -0.2) is 0 Å². The second-order valence-electron chi connectivity index (χ2n) is 4.29. The van der Waals surface area contributed by atoms with Crippen molar-refractivity contribution in [2.45, 2.75) is 32.3 Å². The van der Waals surface area contributed by atoms with E-state index in [0.29, 0.717) is 12.8 Å². The molecular weight excluding hydrogens is 234 g/mol. The van der Waals surface area contributed by atoms with Crippen LogP contribution in [0, 0.1) is 0 Å². The van der Waals surface area contributed by atoms with Crippen LogP contribution in [-0.2, 0) is 0 Å². The van der Waals surface area contributed by atoms with E-state index in [4.69, 9.17) is 0 Å². The van der Waals surface area contributed by atoms with Gasteiger partial charge in [-0.2, -0.15) is 0 Å². The predicted octanol–water partition coefficient (Wildman–Crippen LogP) is 1.38. The highest BCUT2D eigenvalue weighted by molar-refractivity contribution is 5.97. The fourth-order valence-electron chi connectivity index (χ4n) is 1.55. The first-order valence-electron chi connectivity index (χ1n) is 5.95. The number of carbonyl (C=O) groups is 1. The van der Waals surface area contributed by atoms with Gasteiger partial charge in [0.1, 0.15) is 0 Å². The molecule has 1 aromatic carbocycles. The second kappa shape index (κ2) is 5.73. The van der Waals surface area contributed by atoms with E-state index in [2.05, 4.69) is 5.32 Å². The highest BCUT2D eigenvalue weighted by atomic mass is 16.3. The van der Waals surface area contributed by atoms with Crippen LogP contribution < -0.4 is 5.32 Å². The monoisotopic (exact) mass is 253 g/mol. The summed E-state index contributed by atoms with van der Waals surface area (Å²) >= 11 is 0. The van der Waals surface area contributed by atoms with Crippen LogP contribution in [0.1, 0.15) is 37.0 Å². The van der Waals surface area contributed by atoms with Gasteiger partial charge in [-0.15, -0.1) is 0 Å². The first kappa shape index (κ1) is 14.3. The van der Waals surface area contributed by atoms with Gasteiger partial charge in [-0.05, 0) is 25.0 Å². The Labute approximate surface area is 106 Å². The maximum absolute atomic E-state index is 11.8. The van der Waals surface area contributed by atoms with E-state index in [-0.39, 0.29) is 17.9 Å². The number of nitrogens with one attached hydrogen (secondary N) is 1. The van der Waals surface area contributed by atoms with Crippen molar-refractivity contribution in [2.24, 2.45) is 0 Å². The van der Waals surface area contributed by atoms with Crippen molar-refractivity contribution >= 4 is 5.91 Å². The van der Waals surface area contributed by atoms with E-state index in [1.54, 1.807) is 0 Å². The maximum Gasteiger partial charge on any atom is 0.255 e. The molecule has 0 bridgehead atoms. The zero-order valence-corrected chi connectivity index (χ0v) is 10.6. The molecule has 0 unspecified atom stereocenters. The van der Waals surface area contributed by atoms with Gasteiger partial charge in [0.05, 0.1) is 11.2 Å². The third kappa shape index (κ3) is 3.13. The molecule has 0 aromatic heterocycles. The number of aromatic hydroxyl groups is 2. The molecule has 0 aliphatic rings. The van der Waals surface area contributed by atoms with Crippen LogP contribution in [0.5, 0.6) is 11.5 Å². The molecule has 100 valence electrons. The van der Waals surface area contributed by atoms with Crippen LogP contribution in [0.15, 0.2) is 18.2 Å². The van der Waals surface area contributed by atoms with Gasteiger partial charge in [0.2, 0.25) is 0 Å². The molecule has 0 fully saturated rings. The summed E-state index contributed by atoms with van der Waals surface area (Å²) in [5.74, 6) is -1.32. The fraction of sp³-hybridized carbons (Fsp3) is 0.462. The first-order chi connectivity index (χ1) is 8.43. The minimum atomic E-state index is -0.942. The van der Waals surface area contributed by atoms with E-state index in [9.17, 15) is 20.1 Å². The van der Waals surface area contributed by atoms with Crippen molar-refractivity contribution < 1.29 is 20.1 Å². The number of benzene rings is 1. The van der Waals surface area contributed by atoms with Crippen molar-refractivity contribution in [3.8, 4) is 11.5 Å². The van der Waals surface area contributed by atoms with Gasteiger partial charge in [-0.3, -0.25) is 4.79 Å². The van der Waals surface area contributed by atoms with Gasteiger partial charge < -0.3 is 20.6 Å². The molecule has 0 saturated heterocycles. The molecule has 0 radical (unpaired) electrons. The minimum Gasteiger partial charge on any atom is -0.504 e. The smallest absolute Gasteiger partial charge is 0.255 e. The SMILES string of the molecule is CCC(O)(CC)CNC(=O)c1cccc(O)c1O. The Hall–Kier alpha value is -1.75. The van der Waals surface area contributed by atoms with Crippen molar-refractivity contribution in [2.75, 3.05) is 6.54 Å². The molecule has 1 aromatic rings. The predicted molar refractivity (Wildman–Crippen MR) is 67.6 cm³/mol. The Kier molecular flexibility index (Phi) is 4.55. The maximum atomic E-state index is 11.8. The summed E-state index contributed by atoms with van der Waals surface area (Å²) in [5, 5.41) is 31.4. The van der Waals surface area contributed by atoms with Crippen LogP contribution in [0.2, 0.25) is 0 Å². The van der Waals surface area contributed by atoms with Crippen LogP contribution in [-0.4, -0.2) is 33.4 Å². The number of hydrogen-bond acceptors (Lipinski definition) is 4. The molecule has 5 heteroatoms. The van der Waals surface area contributed by atoms with Crippen LogP contribution in [0.3, 0.4) is 0 Å². The average molecular weight is 253 g/mol. The number of phenols is 2. The molecule has 0 aliphatic carbocycles. The first-order valence-corrected chi connectivity index (χ1v) is 5.95. The van der Waals surface area contributed by atoms with E-state index in [1.807, 2.05) is 13.8 Å². The molecule has 0 spiro atoms. The minimum absolute atomic E-state index is 0.00967. The van der Waals surface area contributed by atoms with E-state index >= 15 is 0 Å². The lowest BCUT2D eigenvalue weighted by Gasteiger charge is -2.25. The summed E-state index contributed by atoms with van der Waals surface area (Å²) in [6, 6.07) is 4.16. The summed E-state index contributed by atoms with van der Waals surface area (Å²) < 4.78 is 0. The zero-order valence-electron chi connectivity index (χ0n) is 10.6. The standard InChI is InChI=1S/C13H19NO4/c1-3-13(18,4-2)8-14-12(17)9-6-5-7-10(15)11(9)16/h5-7,15-16,18H,3-4,8H2,1-2H3,(H,14,17). The summed E-state index contributed by atoms with van der Waals surface area (Å²) in [7, 11) is 0. The third-order valence-electron chi connectivity index (χ3n) is 3.15. The van der Waals surface area contributed by atoms with E-state index in [0.717, 1.165) is 0 Å². The molecule has 0 atom stereocenters. The van der Waals surface area contributed by atoms with Gasteiger partial charge in [-0.1, -0.05) is 19.9 Å². The number of para-hydroxylation sites is 1. The summed E-state index contributed by atoms with van der Waals surface area (Å²) in [6.07, 6.45) is 1.05. The Morgan fingerprint density at radius 2 is 1.89 bits per heavy atom. The molecule has 18 heavy (non-hydrogen) atoms. The number of phenolic OH excluding ortho intramolecular Hbond substituents is 2. The topological polar surface area (TPSA) is 89.8 Å². The quantitative estimate of drug-likeness (QED) is 0.597. The van der Waals surface area contributed by atoms with E-state index in [1.165, 1.54) is 18.2 Å². The lowest BCUT2D eigenvalue weighted by atomic mass is 9.97. The molecule has 0 saturated carbocycles. The Bertz CT molecular complexity index is 427. The normalized spacial score (nSPS) is 11.3. The number of aliphatic hydroxyl groups is 1. The van der Waals surface area contributed by atoms with Crippen LogP contribution in [0.4, 0.5) is 0 Å². The molecule has 0 heterocycles. The van der Waals surface area contributed by atoms with Crippen molar-refractivity contribution in [1.82, 2.24) is 5.32 Å². The second-order valence-corrected chi connectivity index (χ2v) is 4.29. The molecule has 4 N–H and O–H groups in total. The van der Waals surface area contributed by atoms with Gasteiger partial charge in [0.15, 0.2) is 11.5 Å². The molecular formula is C13H19NO4. The van der Waals surface area contributed by atoms with Crippen molar-refractivity contribution in [1.29, 1.82) is 0 Å². The van der Waals surface area contributed by atoms with E-state index < -0.39 is 17.3 Å². The molecule has 1 rings (SSSR count). The zero-order chi connectivity index (χ0) is 13.8. The highest BCUT2D eigenvalue weighted by Crippen LogP contribution is 2.28. The molecule has 0 aliphatic heterocycles. The molecule has 5 nitrogen and oxygen atoms in total. The summed E-state index contributed by atoms with van der Waals surface area (Å²) in [6.45, 7) is 3.77. The highest BCUT2D eigenvalue weighted by Gasteiger charge is 2.24. The Morgan fingerprint density at radius 1 is 1.28 bits per heavy atom. The number of amides is 1. The number of carbonyl (C=O) groups excluding carboxylic acids is 1. The van der Waals surface area contributed by atoms with Gasteiger partial charge >= 0.3 is 0 Å². The summed E-state index contributed by atoms with van der Waals surface area (Å²) in [4.78, 5) is 11.8. The Balaban J connectivity index is 2.75. The van der Waals surface area contributed by atoms with Crippen LogP contribution >= 0.6 is 0 Å².